The Balaban J connectivity index is 2.18. The number of ether oxygens (including phenoxy) is 1. The Labute approximate surface area is 120 Å². The molecule has 0 bridgehead atoms. The Hall–Kier alpha value is -1.87. The van der Waals surface area contributed by atoms with Crippen molar-refractivity contribution in [1.29, 1.82) is 0 Å². The highest BCUT2D eigenvalue weighted by atomic mass is 16.5. The lowest BCUT2D eigenvalue weighted by Gasteiger charge is -2.37. The second-order valence-electron chi connectivity index (χ2n) is 5.94. The third kappa shape index (κ3) is 3.17. The standard InChI is InChI=1S/C17H21NO2/c1-16(2,19)17(3,4)20-15-9-7-13(8-10-15)14-6-5-11-18-12-14/h5-12,19H,1-4H3. The van der Waals surface area contributed by atoms with Crippen molar-refractivity contribution in [3.63, 3.8) is 0 Å². The van der Waals surface area contributed by atoms with E-state index in [4.69, 9.17) is 4.74 Å². The predicted octanol–water partition coefficient (Wildman–Crippen LogP) is 3.68. The molecule has 0 aliphatic heterocycles. The third-order valence-corrected chi connectivity index (χ3v) is 3.70. The second-order valence-corrected chi connectivity index (χ2v) is 5.94. The van der Waals surface area contributed by atoms with E-state index in [0.29, 0.717) is 0 Å². The molecule has 0 unspecified atom stereocenters. The van der Waals surface area contributed by atoms with Gasteiger partial charge in [-0.15, -0.1) is 0 Å². The number of rotatable bonds is 4. The average molecular weight is 271 g/mol. The van der Waals surface area contributed by atoms with E-state index in [2.05, 4.69) is 4.98 Å². The topological polar surface area (TPSA) is 42.4 Å². The average Bonchev–Trinajstić information content (AvgIpc) is 2.39. The summed E-state index contributed by atoms with van der Waals surface area (Å²) < 4.78 is 5.89. The molecule has 1 aromatic heterocycles. The predicted molar refractivity (Wildman–Crippen MR) is 80.7 cm³/mol. The summed E-state index contributed by atoms with van der Waals surface area (Å²) in [5, 5.41) is 10.1. The summed E-state index contributed by atoms with van der Waals surface area (Å²) >= 11 is 0. The molecule has 0 saturated carbocycles. The molecule has 2 aromatic rings. The first-order chi connectivity index (χ1) is 9.29. The first-order valence-electron chi connectivity index (χ1n) is 6.71. The van der Waals surface area contributed by atoms with Crippen molar-refractivity contribution in [1.82, 2.24) is 4.98 Å². The molecule has 0 saturated heterocycles. The molecule has 0 amide bonds. The maximum absolute atomic E-state index is 10.1. The summed E-state index contributed by atoms with van der Waals surface area (Å²) in [5.41, 5.74) is 0.574. The minimum Gasteiger partial charge on any atom is -0.485 e. The molecular formula is C17H21NO2. The van der Waals surface area contributed by atoms with Crippen molar-refractivity contribution in [3.8, 4) is 16.9 Å². The summed E-state index contributed by atoms with van der Waals surface area (Å²) in [5.74, 6) is 0.741. The van der Waals surface area contributed by atoms with E-state index >= 15 is 0 Å². The van der Waals surface area contributed by atoms with E-state index < -0.39 is 11.2 Å². The van der Waals surface area contributed by atoms with Gasteiger partial charge in [-0.25, -0.2) is 0 Å². The van der Waals surface area contributed by atoms with Crippen LogP contribution in [0.4, 0.5) is 0 Å². The van der Waals surface area contributed by atoms with Crippen LogP contribution in [0.25, 0.3) is 11.1 Å². The van der Waals surface area contributed by atoms with Gasteiger partial charge >= 0.3 is 0 Å². The second kappa shape index (κ2) is 5.25. The van der Waals surface area contributed by atoms with E-state index in [9.17, 15) is 5.11 Å². The van der Waals surface area contributed by atoms with E-state index in [0.717, 1.165) is 16.9 Å². The fourth-order valence-corrected chi connectivity index (χ4v) is 1.67. The molecule has 0 aliphatic rings. The molecule has 2 rings (SSSR count). The largest absolute Gasteiger partial charge is 0.485 e. The molecule has 0 spiro atoms. The van der Waals surface area contributed by atoms with E-state index in [1.54, 1.807) is 20.0 Å². The number of hydrogen-bond donors (Lipinski definition) is 1. The Morgan fingerprint density at radius 3 is 2.10 bits per heavy atom. The molecular weight excluding hydrogens is 250 g/mol. The Kier molecular flexibility index (Phi) is 3.82. The van der Waals surface area contributed by atoms with Crippen molar-refractivity contribution in [3.05, 3.63) is 48.8 Å². The molecule has 1 N–H and O–H groups in total. The summed E-state index contributed by atoms with van der Waals surface area (Å²) in [7, 11) is 0. The van der Waals surface area contributed by atoms with Crippen LogP contribution >= 0.6 is 0 Å². The third-order valence-electron chi connectivity index (χ3n) is 3.70. The Bertz CT molecular complexity index is 554. The van der Waals surface area contributed by atoms with Crippen molar-refractivity contribution in [2.45, 2.75) is 38.9 Å². The fourth-order valence-electron chi connectivity index (χ4n) is 1.67. The van der Waals surface area contributed by atoms with E-state index in [-0.39, 0.29) is 0 Å². The van der Waals surface area contributed by atoms with E-state index in [1.165, 1.54) is 0 Å². The molecule has 3 nitrogen and oxygen atoms in total. The lowest BCUT2D eigenvalue weighted by Crippen LogP contribution is -2.49. The van der Waals surface area contributed by atoms with Crippen LogP contribution in [-0.4, -0.2) is 21.3 Å². The van der Waals surface area contributed by atoms with Gasteiger partial charge in [0.15, 0.2) is 0 Å². The normalized spacial score (nSPS) is 12.2. The lowest BCUT2D eigenvalue weighted by molar-refractivity contribution is -0.0906. The van der Waals surface area contributed by atoms with Crippen LogP contribution in [0.5, 0.6) is 5.75 Å². The highest BCUT2D eigenvalue weighted by Crippen LogP contribution is 2.29. The molecule has 0 fully saturated rings. The van der Waals surface area contributed by atoms with Gasteiger partial charge in [0, 0.05) is 12.4 Å². The van der Waals surface area contributed by atoms with Crippen LogP contribution < -0.4 is 4.74 Å². The number of aliphatic hydroxyl groups is 1. The molecule has 1 aromatic carbocycles. The Morgan fingerprint density at radius 1 is 0.950 bits per heavy atom. The number of pyridine rings is 1. The first kappa shape index (κ1) is 14.5. The van der Waals surface area contributed by atoms with Crippen molar-refractivity contribution in [2.75, 3.05) is 0 Å². The zero-order chi connectivity index (χ0) is 14.8. The van der Waals surface area contributed by atoms with Gasteiger partial charge in [-0.05, 0) is 57.0 Å². The SMILES string of the molecule is CC(C)(O)C(C)(C)Oc1ccc(-c2cccnc2)cc1. The van der Waals surface area contributed by atoms with Crippen LogP contribution in [0.15, 0.2) is 48.8 Å². The molecule has 0 atom stereocenters. The maximum atomic E-state index is 10.1. The Morgan fingerprint density at radius 2 is 1.60 bits per heavy atom. The maximum Gasteiger partial charge on any atom is 0.131 e. The van der Waals surface area contributed by atoms with Crippen LogP contribution in [0.2, 0.25) is 0 Å². The molecule has 0 radical (unpaired) electrons. The highest BCUT2D eigenvalue weighted by molar-refractivity contribution is 5.62. The number of nitrogens with zero attached hydrogens (tertiary/aromatic N) is 1. The molecule has 3 heteroatoms. The highest BCUT2D eigenvalue weighted by Gasteiger charge is 2.37. The number of benzene rings is 1. The van der Waals surface area contributed by atoms with Gasteiger partial charge in [-0.3, -0.25) is 4.98 Å². The monoisotopic (exact) mass is 271 g/mol. The van der Waals surface area contributed by atoms with Crippen molar-refractivity contribution in [2.24, 2.45) is 0 Å². The first-order valence-corrected chi connectivity index (χ1v) is 6.71. The van der Waals surface area contributed by atoms with Crippen molar-refractivity contribution >= 4 is 0 Å². The quantitative estimate of drug-likeness (QED) is 0.922. The molecule has 0 aliphatic carbocycles. The fraction of sp³-hybridized carbons (Fsp3) is 0.353. The summed E-state index contributed by atoms with van der Waals surface area (Å²) in [6.07, 6.45) is 3.59. The zero-order valence-electron chi connectivity index (χ0n) is 12.4. The van der Waals surface area contributed by atoms with Gasteiger partial charge in [-0.1, -0.05) is 18.2 Å². The van der Waals surface area contributed by atoms with Crippen molar-refractivity contribution < 1.29 is 9.84 Å². The number of hydrogen-bond acceptors (Lipinski definition) is 3. The summed E-state index contributed by atoms with van der Waals surface area (Å²) in [4.78, 5) is 4.11. The summed E-state index contributed by atoms with van der Waals surface area (Å²) in [6, 6.07) is 11.7. The zero-order valence-corrected chi connectivity index (χ0v) is 12.4. The van der Waals surface area contributed by atoms with Gasteiger partial charge in [0.1, 0.15) is 11.4 Å². The van der Waals surface area contributed by atoms with Gasteiger partial charge in [0.2, 0.25) is 0 Å². The molecule has 1 heterocycles. The van der Waals surface area contributed by atoms with Gasteiger partial charge in [-0.2, -0.15) is 0 Å². The minimum atomic E-state index is -0.922. The van der Waals surface area contributed by atoms with Crippen LogP contribution in [-0.2, 0) is 0 Å². The van der Waals surface area contributed by atoms with Gasteiger partial charge in [0.05, 0.1) is 5.60 Å². The van der Waals surface area contributed by atoms with Crippen LogP contribution in [0.1, 0.15) is 27.7 Å². The minimum absolute atomic E-state index is 0.664. The molecule has 106 valence electrons. The van der Waals surface area contributed by atoms with Gasteiger partial charge < -0.3 is 9.84 Å². The summed E-state index contributed by atoms with van der Waals surface area (Å²) in [6.45, 7) is 7.25. The smallest absolute Gasteiger partial charge is 0.131 e. The van der Waals surface area contributed by atoms with Crippen LogP contribution in [0, 0.1) is 0 Å². The lowest BCUT2D eigenvalue weighted by atomic mass is 9.89. The number of aromatic nitrogens is 1. The van der Waals surface area contributed by atoms with Crippen LogP contribution in [0.3, 0.4) is 0 Å². The molecule has 20 heavy (non-hydrogen) atoms. The van der Waals surface area contributed by atoms with Gasteiger partial charge in [0.25, 0.3) is 0 Å². The van der Waals surface area contributed by atoms with E-state index in [1.807, 2.05) is 56.4 Å².